The maximum atomic E-state index is 12.2. The van der Waals surface area contributed by atoms with Crippen LogP contribution in [0.4, 0.5) is 17.2 Å². The monoisotopic (exact) mass is 381 g/mol. The van der Waals surface area contributed by atoms with Gasteiger partial charge in [0.1, 0.15) is 11.6 Å². The van der Waals surface area contributed by atoms with E-state index in [0.29, 0.717) is 16.5 Å². The van der Waals surface area contributed by atoms with E-state index >= 15 is 0 Å². The summed E-state index contributed by atoms with van der Waals surface area (Å²) in [6.07, 6.45) is 1.90. The molecule has 2 aromatic carbocycles. The Kier molecular flexibility index (Phi) is 5.94. The number of hydrogen-bond acceptors (Lipinski definition) is 4. The van der Waals surface area contributed by atoms with Crippen LogP contribution >= 0.6 is 11.6 Å². The third kappa shape index (κ3) is 5.21. The lowest BCUT2D eigenvalue weighted by molar-refractivity contribution is -0.115. The first-order chi connectivity index (χ1) is 13.0. The van der Waals surface area contributed by atoms with Gasteiger partial charge in [0.15, 0.2) is 0 Å². The predicted molar refractivity (Wildman–Crippen MR) is 109 cm³/mol. The number of benzene rings is 2. The van der Waals surface area contributed by atoms with E-state index in [-0.39, 0.29) is 12.3 Å². The summed E-state index contributed by atoms with van der Waals surface area (Å²) < 4.78 is 5.12. The Bertz CT molecular complexity index is 925. The van der Waals surface area contributed by atoms with Gasteiger partial charge >= 0.3 is 0 Å². The first-order valence-corrected chi connectivity index (χ1v) is 8.83. The molecule has 0 saturated heterocycles. The summed E-state index contributed by atoms with van der Waals surface area (Å²) in [5.74, 6) is 1.34. The van der Waals surface area contributed by atoms with Gasteiger partial charge in [0.2, 0.25) is 5.91 Å². The van der Waals surface area contributed by atoms with Gasteiger partial charge in [-0.1, -0.05) is 29.8 Å². The number of hydrogen-bond donors (Lipinski definition) is 2. The van der Waals surface area contributed by atoms with Gasteiger partial charge in [0.25, 0.3) is 0 Å². The molecule has 2 N–H and O–H groups in total. The summed E-state index contributed by atoms with van der Waals surface area (Å²) in [6, 6.07) is 16.7. The number of carbonyl (C=O) groups is 1. The van der Waals surface area contributed by atoms with Crippen molar-refractivity contribution in [1.29, 1.82) is 0 Å². The topological polar surface area (TPSA) is 63.2 Å². The molecule has 0 bridgehead atoms. The second kappa shape index (κ2) is 8.56. The molecule has 6 heteroatoms. The Labute approximate surface area is 163 Å². The van der Waals surface area contributed by atoms with Gasteiger partial charge in [-0.05, 0) is 54.4 Å². The fourth-order valence-corrected chi connectivity index (χ4v) is 2.71. The average molecular weight is 382 g/mol. The number of anilines is 3. The minimum Gasteiger partial charge on any atom is -0.497 e. The number of amides is 1. The lowest BCUT2D eigenvalue weighted by Crippen LogP contribution is -2.14. The zero-order chi connectivity index (χ0) is 19.2. The van der Waals surface area contributed by atoms with E-state index in [2.05, 4.69) is 15.6 Å². The zero-order valence-electron chi connectivity index (χ0n) is 15.1. The molecule has 1 heterocycles. The quantitative estimate of drug-likeness (QED) is 0.632. The number of pyridine rings is 1. The summed E-state index contributed by atoms with van der Waals surface area (Å²) in [7, 11) is 1.61. The highest BCUT2D eigenvalue weighted by molar-refractivity contribution is 6.30. The smallest absolute Gasteiger partial charge is 0.228 e. The second-order valence-electron chi connectivity index (χ2n) is 6.09. The maximum absolute atomic E-state index is 12.2. The molecule has 0 spiro atoms. The molecular weight excluding hydrogens is 362 g/mol. The number of ether oxygens (including phenoxy) is 1. The molecule has 0 unspecified atom stereocenters. The first kappa shape index (κ1) is 18.7. The van der Waals surface area contributed by atoms with E-state index in [1.165, 1.54) is 0 Å². The van der Waals surface area contributed by atoms with Crippen LogP contribution in [0.3, 0.4) is 0 Å². The van der Waals surface area contributed by atoms with Crippen molar-refractivity contribution >= 4 is 34.7 Å². The van der Waals surface area contributed by atoms with Crippen LogP contribution in [0.25, 0.3) is 0 Å². The number of rotatable bonds is 6. The second-order valence-corrected chi connectivity index (χ2v) is 6.53. The minimum absolute atomic E-state index is 0.103. The SMILES string of the molecule is COc1ccc(CC(=O)Nc2ccc(Nc3cc(Cl)ccc3C)nc2)cc1. The molecule has 0 aliphatic rings. The van der Waals surface area contributed by atoms with Crippen molar-refractivity contribution in [3.63, 3.8) is 0 Å². The summed E-state index contributed by atoms with van der Waals surface area (Å²) in [5.41, 5.74) is 3.52. The predicted octanol–water partition coefficient (Wildman–Crippen LogP) is 4.98. The zero-order valence-corrected chi connectivity index (χ0v) is 15.9. The maximum Gasteiger partial charge on any atom is 0.228 e. The van der Waals surface area contributed by atoms with Crippen molar-refractivity contribution in [2.45, 2.75) is 13.3 Å². The highest BCUT2D eigenvalue weighted by Crippen LogP contribution is 2.23. The van der Waals surface area contributed by atoms with Crippen molar-refractivity contribution in [1.82, 2.24) is 4.98 Å². The van der Waals surface area contributed by atoms with Crippen LogP contribution in [0.5, 0.6) is 5.75 Å². The third-order valence-corrected chi connectivity index (χ3v) is 4.27. The third-order valence-electron chi connectivity index (χ3n) is 4.03. The fourth-order valence-electron chi connectivity index (χ4n) is 2.54. The molecule has 3 rings (SSSR count). The highest BCUT2D eigenvalue weighted by Gasteiger charge is 2.06. The summed E-state index contributed by atoms with van der Waals surface area (Å²) in [5, 5.41) is 6.73. The van der Waals surface area contributed by atoms with Crippen molar-refractivity contribution in [3.8, 4) is 5.75 Å². The number of nitrogens with zero attached hydrogens (tertiary/aromatic N) is 1. The molecule has 138 valence electrons. The van der Waals surface area contributed by atoms with Crippen molar-refractivity contribution in [2.75, 3.05) is 17.7 Å². The van der Waals surface area contributed by atoms with Crippen molar-refractivity contribution in [3.05, 3.63) is 76.9 Å². The molecule has 0 aliphatic carbocycles. The van der Waals surface area contributed by atoms with Crippen LogP contribution in [0.15, 0.2) is 60.8 Å². The highest BCUT2D eigenvalue weighted by atomic mass is 35.5. The normalized spacial score (nSPS) is 10.3. The molecule has 0 fully saturated rings. The van der Waals surface area contributed by atoms with Crippen LogP contribution in [-0.2, 0) is 11.2 Å². The Morgan fingerprint density at radius 2 is 1.89 bits per heavy atom. The minimum atomic E-state index is -0.103. The molecule has 1 amide bonds. The van der Waals surface area contributed by atoms with Crippen LogP contribution in [-0.4, -0.2) is 18.0 Å². The van der Waals surface area contributed by atoms with Gasteiger partial charge in [-0.2, -0.15) is 0 Å². The lowest BCUT2D eigenvalue weighted by Gasteiger charge is -2.10. The number of aryl methyl sites for hydroxylation is 1. The number of methoxy groups -OCH3 is 1. The molecule has 0 aliphatic heterocycles. The van der Waals surface area contributed by atoms with Crippen molar-refractivity contribution in [2.24, 2.45) is 0 Å². The number of carbonyl (C=O) groups excluding carboxylic acids is 1. The summed E-state index contributed by atoms with van der Waals surface area (Å²) in [4.78, 5) is 16.5. The van der Waals surface area contributed by atoms with Gasteiger partial charge in [-0.15, -0.1) is 0 Å². The standard InChI is InChI=1S/C21H20ClN3O2/c1-14-3-6-16(22)12-19(14)25-20-10-7-17(13-23-20)24-21(26)11-15-4-8-18(27-2)9-5-15/h3-10,12-13H,11H2,1-2H3,(H,23,25)(H,24,26). The van der Waals surface area contributed by atoms with Gasteiger partial charge in [-0.25, -0.2) is 4.98 Å². The molecule has 27 heavy (non-hydrogen) atoms. The molecule has 3 aromatic rings. The van der Waals surface area contributed by atoms with Crippen LogP contribution in [0.2, 0.25) is 5.02 Å². The van der Waals surface area contributed by atoms with Crippen LogP contribution in [0.1, 0.15) is 11.1 Å². The fraction of sp³-hybridized carbons (Fsp3) is 0.143. The molecule has 0 atom stereocenters. The van der Waals surface area contributed by atoms with Crippen LogP contribution in [0, 0.1) is 6.92 Å². The first-order valence-electron chi connectivity index (χ1n) is 8.45. The Morgan fingerprint density at radius 3 is 2.56 bits per heavy atom. The molecular formula is C21H20ClN3O2. The van der Waals surface area contributed by atoms with E-state index in [1.807, 2.05) is 55.5 Å². The van der Waals surface area contributed by atoms with Gasteiger partial charge < -0.3 is 15.4 Å². The molecule has 1 aromatic heterocycles. The lowest BCUT2D eigenvalue weighted by atomic mass is 10.1. The van der Waals surface area contributed by atoms with Gasteiger partial charge in [-0.3, -0.25) is 4.79 Å². The van der Waals surface area contributed by atoms with E-state index in [1.54, 1.807) is 19.4 Å². The molecule has 5 nitrogen and oxygen atoms in total. The average Bonchev–Trinajstić information content (AvgIpc) is 2.67. The van der Waals surface area contributed by atoms with E-state index in [4.69, 9.17) is 16.3 Å². The van der Waals surface area contributed by atoms with Crippen molar-refractivity contribution < 1.29 is 9.53 Å². The van der Waals surface area contributed by atoms with Gasteiger partial charge in [0, 0.05) is 10.7 Å². The number of halogens is 1. The number of aromatic nitrogens is 1. The van der Waals surface area contributed by atoms with E-state index in [0.717, 1.165) is 22.6 Å². The molecule has 0 saturated carbocycles. The van der Waals surface area contributed by atoms with E-state index in [9.17, 15) is 4.79 Å². The number of nitrogens with one attached hydrogen (secondary N) is 2. The molecule has 0 radical (unpaired) electrons. The Balaban J connectivity index is 1.59. The summed E-state index contributed by atoms with van der Waals surface area (Å²) >= 11 is 6.03. The van der Waals surface area contributed by atoms with E-state index < -0.39 is 0 Å². The van der Waals surface area contributed by atoms with Gasteiger partial charge in [0.05, 0.1) is 25.4 Å². The Hall–Kier alpha value is -3.05. The Morgan fingerprint density at radius 1 is 1.11 bits per heavy atom. The summed E-state index contributed by atoms with van der Waals surface area (Å²) in [6.45, 7) is 1.99. The largest absolute Gasteiger partial charge is 0.497 e. The van der Waals surface area contributed by atoms with Crippen LogP contribution < -0.4 is 15.4 Å².